The molecule has 1 saturated heterocycles. The van der Waals surface area contributed by atoms with Gasteiger partial charge in [-0.1, -0.05) is 19.0 Å². The second-order valence-electron chi connectivity index (χ2n) is 6.69. The molecule has 1 fully saturated rings. The fraction of sp³-hybridized carbons (Fsp3) is 0.588. The molecule has 2 aromatic heterocycles. The van der Waals surface area contributed by atoms with E-state index in [2.05, 4.69) is 33.9 Å². The first-order valence-corrected chi connectivity index (χ1v) is 8.24. The number of aromatic nitrogens is 3. The molecule has 0 bridgehead atoms. The summed E-state index contributed by atoms with van der Waals surface area (Å²) < 4.78 is 5.48. The first-order valence-electron chi connectivity index (χ1n) is 8.24. The van der Waals surface area contributed by atoms with Crippen molar-refractivity contribution in [2.75, 3.05) is 26.2 Å². The Morgan fingerprint density at radius 2 is 2.26 bits per heavy atom. The molecule has 0 spiro atoms. The lowest BCUT2D eigenvalue weighted by Gasteiger charge is -2.16. The van der Waals surface area contributed by atoms with Gasteiger partial charge in [0, 0.05) is 43.6 Å². The molecule has 6 nitrogen and oxygen atoms in total. The predicted octanol–water partition coefficient (Wildman–Crippen LogP) is 2.19. The molecule has 1 aliphatic rings. The average molecular weight is 316 g/mol. The number of rotatable bonds is 6. The van der Waals surface area contributed by atoms with Crippen LogP contribution >= 0.6 is 0 Å². The summed E-state index contributed by atoms with van der Waals surface area (Å²) in [7, 11) is 0. The Balaban J connectivity index is 1.72. The Morgan fingerprint density at radius 3 is 2.96 bits per heavy atom. The second-order valence-corrected chi connectivity index (χ2v) is 6.69. The van der Waals surface area contributed by atoms with E-state index in [1.807, 2.05) is 12.1 Å². The lowest BCUT2D eigenvalue weighted by atomic mass is 9.97. The van der Waals surface area contributed by atoms with Crippen LogP contribution in [0.2, 0.25) is 0 Å². The largest absolute Gasteiger partial charge is 0.396 e. The van der Waals surface area contributed by atoms with Gasteiger partial charge >= 0.3 is 0 Å². The van der Waals surface area contributed by atoms with Crippen molar-refractivity contribution in [3.8, 4) is 11.4 Å². The first-order chi connectivity index (χ1) is 11.2. The Bertz CT molecular complexity index is 614. The molecule has 1 N–H and O–H groups in total. The van der Waals surface area contributed by atoms with E-state index in [0.717, 1.165) is 31.6 Å². The Kier molecular flexibility index (Phi) is 5.03. The summed E-state index contributed by atoms with van der Waals surface area (Å²) in [5.74, 6) is 2.12. The highest BCUT2D eigenvalue weighted by Gasteiger charge is 2.36. The number of aliphatic hydroxyl groups excluding tert-OH is 1. The van der Waals surface area contributed by atoms with Gasteiger partial charge in [-0.2, -0.15) is 4.98 Å². The maximum absolute atomic E-state index is 9.69. The van der Waals surface area contributed by atoms with Gasteiger partial charge in [0.15, 0.2) is 0 Å². The minimum Gasteiger partial charge on any atom is -0.396 e. The summed E-state index contributed by atoms with van der Waals surface area (Å²) >= 11 is 0. The molecule has 3 rings (SSSR count). The van der Waals surface area contributed by atoms with Crippen molar-refractivity contribution in [1.29, 1.82) is 0 Å². The third-order valence-electron chi connectivity index (χ3n) is 4.45. The number of nitrogens with zero attached hydrogens (tertiary/aromatic N) is 4. The van der Waals surface area contributed by atoms with Gasteiger partial charge in [0.05, 0.1) is 5.92 Å². The van der Waals surface area contributed by atoms with Gasteiger partial charge in [-0.25, -0.2) is 0 Å². The van der Waals surface area contributed by atoms with Crippen LogP contribution in [0, 0.1) is 11.8 Å². The topological polar surface area (TPSA) is 75.3 Å². The van der Waals surface area contributed by atoms with Gasteiger partial charge in [-0.3, -0.25) is 4.98 Å². The molecule has 0 radical (unpaired) electrons. The van der Waals surface area contributed by atoms with Crippen LogP contribution in [-0.4, -0.2) is 51.4 Å². The predicted molar refractivity (Wildman–Crippen MR) is 86.7 cm³/mol. The molecule has 124 valence electrons. The van der Waals surface area contributed by atoms with E-state index in [1.54, 1.807) is 12.4 Å². The van der Waals surface area contributed by atoms with Crippen LogP contribution in [0.1, 0.15) is 32.1 Å². The van der Waals surface area contributed by atoms with Crippen LogP contribution in [-0.2, 0) is 0 Å². The number of pyridine rings is 1. The molecule has 1 aliphatic heterocycles. The highest BCUT2D eigenvalue weighted by Crippen LogP contribution is 2.32. The maximum atomic E-state index is 9.69. The molecular weight excluding hydrogens is 292 g/mol. The quantitative estimate of drug-likeness (QED) is 0.880. The van der Waals surface area contributed by atoms with Crippen molar-refractivity contribution >= 4 is 0 Å². The normalized spacial score (nSPS) is 22.1. The van der Waals surface area contributed by atoms with Gasteiger partial charge in [-0.15, -0.1) is 0 Å². The van der Waals surface area contributed by atoms with Crippen molar-refractivity contribution in [2.24, 2.45) is 11.8 Å². The zero-order chi connectivity index (χ0) is 16.2. The van der Waals surface area contributed by atoms with E-state index in [1.165, 1.54) is 0 Å². The molecule has 2 atom stereocenters. The molecule has 0 saturated carbocycles. The summed E-state index contributed by atoms with van der Waals surface area (Å²) in [6.45, 7) is 7.41. The molecule has 0 unspecified atom stereocenters. The van der Waals surface area contributed by atoms with Crippen molar-refractivity contribution in [3.05, 3.63) is 30.4 Å². The molecular formula is C17H24N4O2. The van der Waals surface area contributed by atoms with Crippen molar-refractivity contribution in [2.45, 2.75) is 26.2 Å². The molecule has 0 amide bonds. The molecule has 3 heterocycles. The Hall–Kier alpha value is -1.79. The number of hydrogen-bond donors (Lipinski definition) is 1. The van der Waals surface area contributed by atoms with Crippen molar-refractivity contribution in [1.82, 2.24) is 20.0 Å². The zero-order valence-electron chi connectivity index (χ0n) is 13.7. The Labute approximate surface area is 136 Å². The third kappa shape index (κ3) is 3.76. The monoisotopic (exact) mass is 316 g/mol. The van der Waals surface area contributed by atoms with Gasteiger partial charge in [0.1, 0.15) is 0 Å². The van der Waals surface area contributed by atoms with Crippen molar-refractivity contribution in [3.63, 3.8) is 0 Å². The standard InChI is InChI=1S/C17H24N4O2/c1-12(2)5-7-21-9-14(11-22)15(10-21)17-19-16(20-23-17)13-4-3-6-18-8-13/h3-4,6,8,12,14-15,22H,5,7,9-11H2,1-2H3/t14-,15+/m0/s1. The summed E-state index contributed by atoms with van der Waals surface area (Å²) in [5.41, 5.74) is 0.845. The lowest BCUT2D eigenvalue weighted by molar-refractivity contribution is 0.204. The van der Waals surface area contributed by atoms with E-state index in [4.69, 9.17) is 4.52 Å². The SMILES string of the molecule is CC(C)CCN1C[C@@H](CO)[C@H](c2nc(-c3cccnc3)no2)C1. The van der Waals surface area contributed by atoms with E-state index >= 15 is 0 Å². The summed E-state index contributed by atoms with van der Waals surface area (Å²) in [4.78, 5) is 11.0. The number of aliphatic hydroxyl groups is 1. The van der Waals surface area contributed by atoms with Gasteiger partial charge in [-0.05, 0) is 31.0 Å². The zero-order valence-corrected chi connectivity index (χ0v) is 13.7. The lowest BCUT2D eigenvalue weighted by Crippen LogP contribution is -2.23. The van der Waals surface area contributed by atoms with Crippen LogP contribution in [0.5, 0.6) is 0 Å². The summed E-state index contributed by atoms with van der Waals surface area (Å²) in [6, 6.07) is 3.76. The fourth-order valence-electron chi connectivity index (χ4n) is 3.05. The van der Waals surface area contributed by atoms with E-state index in [-0.39, 0.29) is 18.4 Å². The second kappa shape index (κ2) is 7.19. The highest BCUT2D eigenvalue weighted by molar-refractivity contribution is 5.51. The number of likely N-dealkylation sites (tertiary alicyclic amines) is 1. The van der Waals surface area contributed by atoms with Crippen LogP contribution in [0.25, 0.3) is 11.4 Å². The van der Waals surface area contributed by atoms with Gasteiger partial charge in [0.2, 0.25) is 11.7 Å². The van der Waals surface area contributed by atoms with Crippen LogP contribution in [0.4, 0.5) is 0 Å². The van der Waals surface area contributed by atoms with Crippen LogP contribution < -0.4 is 0 Å². The highest BCUT2D eigenvalue weighted by atomic mass is 16.5. The molecule has 6 heteroatoms. The molecule has 23 heavy (non-hydrogen) atoms. The van der Waals surface area contributed by atoms with Crippen LogP contribution in [0.15, 0.2) is 29.0 Å². The minimum atomic E-state index is 0.102. The summed E-state index contributed by atoms with van der Waals surface area (Å²) in [6.07, 6.45) is 4.60. The van der Waals surface area contributed by atoms with Crippen molar-refractivity contribution < 1.29 is 9.63 Å². The molecule has 0 aliphatic carbocycles. The van der Waals surface area contributed by atoms with E-state index in [0.29, 0.717) is 17.6 Å². The minimum absolute atomic E-state index is 0.102. The number of hydrogen-bond acceptors (Lipinski definition) is 6. The fourth-order valence-corrected chi connectivity index (χ4v) is 3.05. The van der Waals surface area contributed by atoms with E-state index in [9.17, 15) is 5.11 Å². The molecule has 2 aromatic rings. The van der Waals surface area contributed by atoms with Gasteiger partial charge in [0.25, 0.3) is 0 Å². The maximum Gasteiger partial charge on any atom is 0.231 e. The molecule has 0 aromatic carbocycles. The van der Waals surface area contributed by atoms with Crippen LogP contribution in [0.3, 0.4) is 0 Å². The third-order valence-corrected chi connectivity index (χ3v) is 4.45. The summed E-state index contributed by atoms with van der Waals surface area (Å²) in [5, 5.41) is 13.8. The smallest absolute Gasteiger partial charge is 0.231 e. The van der Waals surface area contributed by atoms with Gasteiger partial charge < -0.3 is 14.5 Å². The van der Waals surface area contributed by atoms with E-state index < -0.39 is 0 Å². The first kappa shape index (κ1) is 16.1. The average Bonchev–Trinajstić information content (AvgIpc) is 3.20. The Morgan fingerprint density at radius 1 is 1.39 bits per heavy atom.